The highest BCUT2D eigenvalue weighted by Crippen LogP contribution is 2.01. The predicted molar refractivity (Wildman–Crippen MR) is 51.9 cm³/mol. The molecule has 0 saturated carbocycles. The molecule has 13 heavy (non-hydrogen) atoms. The van der Waals surface area contributed by atoms with E-state index in [1.807, 2.05) is 0 Å². The van der Waals surface area contributed by atoms with Gasteiger partial charge in [0.1, 0.15) is 0 Å². The number of nitrogens with two attached hydrogens (primary N) is 1. The molecule has 1 unspecified atom stereocenters. The van der Waals surface area contributed by atoms with Crippen LogP contribution in [0.25, 0.3) is 0 Å². The van der Waals surface area contributed by atoms with E-state index in [1.54, 1.807) is 0 Å². The molecule has 5 nitrogen and oxygen atoms in total. The molecule has 0 radical (unpaired) electrons. The molecule has 0 amide bonds. The van der Waals surface area contributed by atoms with Crippen LogP contribution in [0.5, 0.6) is 0 Å². The summed E-state index contributed by atoms with van der Waals surface area (Å²) in [5.41, 5.74) is 0. The van der Waals surface area contributed by atoms with Gasteiger partial charge in [0.05, 0.1) is 5.75 Å². The zero-order chi connectivity index (χ0) is 9.90. The topological polar surface area (TPSA) is 75.4 Å². The van der Waals surface area contributed by atoms with Gasteiger partial charge in [0.15, 0.2) is 0 Å². The van der Waals surface area contributed by atoms with E-state index in [0.29, 0.717) is 12.6 Å². The Morgan fingerprint density at radius 2 is 2.31 bits per heavy atom. The second-order valence-electron chi connectivity index (χ2n) is 3.46. The Bertz CT molecular complexity index is 252. The quantitative estimate of drug-likeness (QED) is 0.595. The highest BCUT2D eigenvalue weighted by molar-refractivity contribution is 7.89. The molecule has 0 bridgehead atoms. The van der Waals surface area contributed by atoms with Crippen molar-refractivity contribution in [2.24, 2.45) is 5.14 Å². The lowest BCUT2D eigenvalue weighted by Gasteiger charge is -2.33. The van der Waals surface area contributed by atoms with Gasteiger partial charge in [-0.15, -0.1) is 0 Å². The van der Waals surface area contributed by atoms with Gasteiger partial charge in [0, 0.05) is 32.2 Å². The van der Waals surface area contributed by atoms with Crippen molar-refractivity contribution in [3.8, 4) is 0 Å². The van der Waals surface area contributed by atoms with Gasteiger partial charge in [0.2, 0.25) is 10.0 Å². The number of hydrogen-bond donors (Lipinski definition) is 2. The van der Waals surface area contributed by atoms with E-state index in [9.17, 15) is 8.42 Å². The van der Waals surface area contributed by atoms with Crippen molar-refractivity contribution in [3.63, 3.8) is 0 Å². The fraction of sp³-hybridized carbons (Fsp3) is 1.00. The summed E-state index contributed by atoms with van der Waals surface area (Å²) in [5, 5.41) is 8.17. The van der Waals surface area contributed by atoms with E-state index in [0.717, 1.165) is 19.6 Å². The van der Waals surface area contributed by atoms with Crippen LogP contribution in [0.15, 0.2) is 0 Å². The SMILES string of the molecule is CC1CNCCN1CCS(N)(=O)=O. The molecule has 0 aromatic rings. The van der Waals surface area contributed by atoms with Crippen molar-refractivity contribution >= 4 is 10.0 Å². The maximum Gasteiger partial charge on any atom is 0.210 e. The molecular weight excluding hydrogens is 190 g/mol. The van der Waals surface area contributed by atoms with Crippen LogP contribution in [-0.2, 0) is 10.0 Å². The summed E-state index contributed by atoms with van der Waals surface area (Å²) in [5.74, 6) is 0.0529. The molecule has 1 rings (SSSR count). The lowest BCUT2D eigenvalue weighted by molar-refractivity contribution is 0.184. The largest absolute Gasteiger partial charge is 0.314 e. The molecule has 1 saturated heterocycles. The zero-order valence-corrected chi connectivity index (χ0v) is 8.68. The fourth-order valence-electron chi connectivity index (χ4n) is 1.46. The second kappa shape index (κ2) is 4.36. The van der Waals surface area contributed by atoms with Gasteiger partial charge in [-0.25, -0.2) is 13.6 Å². The summed E-state index contributed by atoms with van der Waals surface area (Å²) in [6, 6.07) is 0.399. The van der Waals surface area contributed by atoms with Crippen LogP contribution in [0, 0.1) is 0 Å². The van der Waals surface area contributed by atoms with Crippen LogP contribution >= 0.6 is 0 Å². The monoisotopic (exact) mass is 207 g/mol. The van der Waals surface area contributed by atoms with E-state index in [2.05, 4.69) is 17.1 Å². The van der Waals surface area contributed by atoms with E-state index >= 15 is 0 Å². The fourth-order valence-corrected chi connectivity index (χ4v) is 1.95. The van der Waals surface area contributed by atoms with Crippen molar-refractivity contribution in [1.29, 1.82) is 0 Å². The number of sulfonamides is 1. The Labute approximate surface area is 79.3 Å². The molecule has 1 atom stereocenters. The summed E-state index contributed by atoms with van der Waals surface area (Å²) in [4.78, 5) is 2.14. The van der Waals surface area contributed by atoms with Crippen LogP contribution in [-0.4, -0.2) is 51.3 Å². The van der Waals surface area contributed by atoms with E-state index in [4.69, 9.17) is 5.14 Å². The maximum absolute atomic E-state index is 10.7. The van der Waals surface area contributed by atoms with Crippen LogP contribution < -0.4 is 10.5 Å². The summed E-state index contributed by atoms with van der Waals surface area (Å²) in [7, 11) is -3.31. The number of hydrogen-bond acceptors (Lipinski definition) is 4. The average molecular weight is 207 g/mol. The Balaban J connectivity index is 2.35. The number of primary sulfonamides is 1. The zero-order valence-electron chi connectivity index (χ0n) is 7.86. The number of nitrogens with zero attached hydrogens (tertiary/aromatic N) is 1. The van der Waals surface area contributed by atoms with E-state index in [-0.39, 0.29) is 5.75 Å². The second-order valence-corrected chi connectivity index (χ2v) is 5.19. The molecule has 0 aliphatic carbocycles. The minimum absolute atomic E-state index is 0.0529. The van der Waals surface area contributed by atoms with Crippen molar-refractivity contribution in [3.05, 3.63) is 0 Å². The third kappa shape index (κ3) is 4.04. The summed E-state index contributed by atoms with van der Waals surface area (Å²) in [6.07, 6.45) is 0. The van der Waals surface area contributed by atoms with Crippen molar-refractivity contribution in [1.82, 2.24) is 10.2 Å². The Morgan fingerprint density at radius 1 is 1.62 bits per heavy atom. The Morgan fingerprint density at radius 3 is 2.85 bits per heavy atom. The van der Waals surface area contributed by atoms with Gasteiger partial charge >= 0.3 is 0 Å². The van der Waals surface area contributed by atoms with Crippen molar-refractivity contribution < 1.29 is 8.42 Å². The van der Waals surface area contributed by atoms with Crippen molar-refractivity contribution in [2.75, 3.05) is 31.9 Å². The third-order valence-corrected chi connectivity index (χ3v) is 3.05. The first-order valence-corrected chi connectivity index (χ1v) is 6.16. The number of piperazine rings is 1. The van der Waals surface area contributed by atoms with Gasteiger partial charge in [-0.1, -0.05) is 0 Å². The molecule has 6 heteroatoms. The smallest absolute Gasteiger partial charge is 0.210 e. The van der Waals surface area contributed by atoms with Gasteiger partial charge in [-0.3, -0.25) is 4.90 Å². The predicted octanol–water partition coefficient (Wildman–Crippen LogP) is -1.43. The highest BCUT2D eigenvalue weighted by atomic mass is 32.2. The third-order valence-electron chi connectivity index (χ3n) is 2.30. The standard InChI is InChI=1S/C7H17N3O2S/c1-7-6-9-2-3-10(7)4-5-13(8,11)12/h7,9H,2-6H2,1H3,(H2,8,11,12). The first kappa shape index (κ1) is 10.9. The summed E-state index contributed by atoms with van der Waals surface area (Å²) < 4.78 is 21.4. The van der Waals surface area contributed by atoms with Crippen molar-refractivity contribution in [2.45, 2.75) is 13.0 Å². The molecule has 1 aliphatic rings. The molecular formula is C7H17N3O2S. The van der Waals surface area contributed by atoms with Crippen LogP contribution in [0.4, 0.5) is 0 Å². The number of nitrogens with one attached hydrogen (secondary N) is 1. The van der Waals surface area contributed by atoms with Gasteiger partial charge in [0.25, 0.3) is 0 Å². The first-order valence-electron chi connectivity index (χ1n) is 4.44. The van der Waals surface area contributed by atoms with Gasteiger partial charge in [-0.05, 0) is 6.92 Å². The van der Waals surface area contributed by atoms with Crippen LogP contribution in [0.3, 0.4) is 0 Å². The van der Waals surface area contributed by atoms with Gasteiger partial charge in [-0.2, -0.15) is 0 Å². The normalized spacial score (nSPS) is 26.2. The summed E-state index contributed by atoms with van der Waals surface area (Å²) in [6.45, 7) is 5.37. The van der Waals surface area contributed by atoms with Crippen LogP contribution in [0.1, 0.15) is 6.92 Å². The molecule has 3 N–H and O–H groups in total. The lowest BCUT2D eigenvalue weighted by atomic mass is 10.2. The Kier molecular flexibility index (Phi) is 3.66. The molecule has 0 spiro atoms. The van der Waals surface area contributed by atoms with E-state index in [1.165, 1.54) is 0 Å². The molecule has 1 aliphatic heterocycles. The van der Waals surface area contributed by atoms with Crippen LogP contribution in [0.2, 0.25) is 0 Å². The molecule has 0 aromatic carbocycles. The summed E-state index contributed by atoms with van der Waals surface area (Å²) >= 11 is 0. The lowest BCUT2D eigenvalue weighted by Crippen LogP contribution is -2.51. The molecule has 1 fully saturated rings. The first-order chi connectivity index (χ1) is 5.99. The van der Waals surface area contributed by atoms with E-state index < -0.39 is 10.0 Å². The Hall–Kier alpha value is -0.170. The minimum atomic E-state index is -3.31. The molecule has 78 valence electrons. The molecule has 0 aromatic heterocycles. The average Bonchev–Trinajstić information content (AvgIpc) is 2.01. The maximum atomic E-state index is 10.7. The highest BCUT2D eigenvalue weighted by Gasteiger charge is 2.18. The van der Waals surface area contributed by atoms with Gasteiger partial charge < -0.3 is 5.32 Å². The minimum Gasteiger partial charge on any atom is -0.314 e. The molecule has 1 heterocycles. The number of rotatable bonds is 3.